The third-order valence-corrected chi connectivity index (χ3v) is 4.42. The second kappa shape index (κ2) is 5.98. The van der Waals surface area contributed by atoms with Crippen molar-refractivity contribution in [2.24, 2.45) is 0 Å². The van der Waals surface area contributed by atoms with Gasteiger partial charge >= 0.3 is 0 Å². The molecule has 0 aliphatic carbocycles. The topological polar surface area (TPSA) is 63.8 Å². The van der Waals surface area contributed by atoms with E-state index in [1.165, 1.54) is 11.5 Å². The highest BCUT2D eigenvalue weighted by Crippen LogP contribution is 2.28. The van der Waals surface area contributed by atoms with Crippen molar-refractivity contribution in [3.05, 3.63) is 27.0 Å². The van der Waals surface area contributed by atoms with E-state index in [1.54, 1.807) is 0 Å². The largest absolute Gasteiger partial charge is 0.387 e. The fraction of sp³-hybridized carbons (Fsp3) is 0.583. The normalized spacial score (nSPS) is 12.9. The molecule has 0 radical (unpaired) electrons. The van der Waals surface area contributed by atoms with Gasteiger partial charge in [-0.3, -0.25) is 4.68 Å². The lowest BCUT2D eigenvalue weighted by atomic mass is 10.1. The summed E-state index contributed by atoms with van der Waals surface area (Å²) >= 11 is 7.49. The number of nitrogens with zero attached hydrogens (tertiary/aromatic N) is 4. The molecule has 5 nitrogen and oxygen atoms in total. The molecule has 19 heavy (non-hydrogen) atoms. The van der Waals surface area contributed by atoms with Gasteiger partial charge in [-0.2, -0.15) is 5.10 Å². The summed E-state index contributed by atoms with van der Waals surface area (Å²) in [4.78, 5) is 0.820. The predicted molar refractivity (Wildman–Crippen MR) is 75.6 cm³/mol. The number of aliphatic hydroxyl groups is 1. The molecular formula is C12H17ClN4OS. The van der Waals surface area contributed by atoms with Gasteiger partial charge in [0.05, 0.1) is 33.1 Å². The quantitative estimate of drug-likeness (QED) is 0.922. The number of halogens is 1. The van der Waals surface area contributed by atoms with Crippen molar-refractivity contribution in [2.45, 2.75) is 46.3 Å². The molecule has 1 atom stereocenters. The minimum absolute atomic E-state index is 0.435. The highest BCUT2D eigenvalue weighted by molar-refractivity contribution is 7.05. The van der Waals surface area contributed by atoms with Crippen molar-refractivity contribution < 1.29 is 5.11 Å². The van der Waals surface area contributed by atoms with E-state index in [4.69, 9.17) is 11.6 Å². The fourth-order valence-corrected chi connectivity index (χ4v) is 2.99. The highest BCUT2D eigenvalue weighted by atomic mass is 35.5. The number of aliphatic hydroxyl groups excluding tert-OH is 1. The second-order valence-electron chi connectivity index (χ2n) is 4.32. The molecular weight excluding hydrogens is 284 g/mol. The summed E-state index contributed by atoms with van der Waals surface area (Å²) in [5.41, 5.74) is 2.52. The third kappa shape index (κ3) is 2.80. The van der Waals surface area contributed by atoms with Crippen LogP contribution < -0.4 is 0 Å². The number of aryl methyl sites for hydroxylation is 3. The predicted octanol–water partition coefficient (Wildman–Crippen LogP) is 2.55. The van der Waals surface area contributed by atoms with E-state index in [0.29, 0.717) is 11.4 Å². The maximum atomic E-state index is 10.4. The fourth-order valence-electron chi connectivity index (χ4n) is 2.05. The van der Waals surface area contributed by atoms with Crippen molar-refractivity contribution in [1.29, 1.82) is 0 Å². The molecule has 1 N–H and O–H groups in total. The number of hydrogen-bond donors (Lipinski definition) is 1. The maximum Gasteiger partial charge on any atom is 0.0972 e. The van der Waals surface area contributed by atoms with Gasteiger partial charge in [-0.1, -0.05) is 23.0 Å². The molecule has 0 aromatic carbocycles. The summed E-state index contributed by atoms with van der Waals surface area (Å²) in [6.45, 7) is 6.61. The van der Waals surface area contributed by atoms with E-state index in [0.717, 1.165) is 34.9 Å². The van der Waals surface area contributed by atoms with Gasteiger partial charge in [0.2, 0.25) is 0 Å². The van der Waals surface area contributed by atoms with E-state index < -0.39 is 6.10 Å². The van der Waals surface area contributed by atoms with Gasteiger partial charge in [0.1, 0.15) is 0 Å². The van der Waals surface area contributed by atoms with E-state index in [2.05, 4.69) is 14.7 Å². The highest BCUT2D eigenvalue weighted by Gasteiger charge is 2.21. The lowest BCUT2D eigenvalue weighted by molar-refractivity contribution is 0.178. The molecule has 0 amide bonds. The SMILES string of the molecule is CCc1nnsc1C(O)Cc1c(Cl)c(C)nn1CC. The first kappa shape index (κ1) is 14.4. The van der Waals surface area contributed by atoms with Gasteiger partial charge in [0.25, 0.3) is 0 Å². The molecule has 7 heteroatoms. The molecule has 0 spiro atoms. The van der Waals surface area contributed by atoms with Crippen LogP contribution in [0.15, 0.2) is 0 Å². The first-order valence-corrected chi connectivity index (χ1v) is 7.44. The van der Waals surface area contributed by atoms with E-state index in [-0.39, 0.29) is 0 Å². The van der Waals surface area contributed by atoms with Crippen LogP contribution in [0.1, 0.15) is 41.9 Å². The van der Waals surface area contributed by atoms with Crippen LogP contribution in [0.2, 0.25) is 5.02 Å². The van der Waals surface area contributed by atoms with Crippen LogP contribution in [-0.2, 0) is 19.4 Å². The summed E-state index contributed by atoms with van der Waals surface area (Å²) in [7, 11) is 0. The van der Waals surface area contributed by atoms with Crippen LogP contribution in [0.3, 0.4) is 0 Å². The Morgan fingerprint density at radius 3 is 2.79 bits per heavy atom. The molecule has 0 saturated heterocycles. The summed E-state index contributed by atoms with van der Waals surface area (Å²) < 4.78 is 5.74. The standard InChI is InChI=1S/C12H17ClN4OS/c1-4-8-12(19-16-14-8)10(18)6-9-11(13)7(3)15-17(9)5-2/h10,18H,4-6H2,1-3H3. The lowest BCUT2D eigenvalue weighted by Crippen LogP contribution is -2.09. The van der Waals surface area contributed by atoms with Crippen LogP contribution in [0.5, 0.6) is 0 Å². The molecule has 2 aromatic rings. The van der Waals surface area contributed by atoms with Gasteiger partial charge < -0.3 is 5.11 Å². The molecule has 0 bridgehead atoms. The van der Waals surface area contributed by atoms with Gasteiger partial charge in [0.15, 0.2) is 0 Å². The van der Waals surface area contributed by atoms with Crippen LogP contribution in [0, 0.1) is 6.92 Å². The number of aromatic nitrogens is 4. The molecule has 0 aliphatic heterocycles. The Balaban J connectivity index is 2.26. The minimum atomic E-state index is -0.631. The Kier molecular flexibility index (Phi) is 4.54. The molecule has 2 heterocycles. The molecule has 1 unspecified atom stereocenters. The molecule has 0 fully saturated rings. The molecule has 2 aromatic heterocycles. The molecule has 0 saturated carbocycles. The summed E-state index contributed by atoms with van der Waals surface area (Å²) in [5.74, 6) is 0. The second-order valence-corrected chi connectivity index (χ2v) is 5.48. The minimum Gasteiger partial charge on any atom is -0.387 e. The van der Waals surface area contributed by atoms with Crippen LogP contribution in [0.25, 0.3) is 0 Å². The lowest BCUT2D eigenvalue weighted by Gasteiger charge is -2.11. The first-order valence-electron chi connectivity index (χ1n) is 6.29. The molecule has 0 aliphatic rings. The smallest absolute Gasteiger partial charge is 0.0972 e. The maximum absolute atomic E-state index is 10.4. The monoisotopic (exact) mass is 300 g/mol. The number of rotatable bonds is 5. The average Bonchev–Trinajstić information content (AvgIpc) is 2.98. The Hall–Kier alpha value is -0.980. The van der Waals surface area contributed by atoms with Crippen LogP contribution in [-0.4, -0.2) is 24.5 Å². The van der Waals surface area contributed by atoms with Crippen molar-refractivity contribution in [3.8, 4) is 0 Å². The zero-order chi connectivity index (χ0) is 14.0. The number of hydrogen-bond acceptors (Lipinski definition) is 5. The van der Waals surface area contributed by atoms with E-state index >= 15 is 0 Å². The zero-order valence-corrected chi connectivity index (χ0v) is 12.8. The molecule has 104 valence electrons. The summed E-state index contributed by atoms with van der Waals surface area (Å²) in [6.07, 6.45) is 0.571. The Morgan fingerprint density at radius 1 is 1.42 bits per heavy atom. The average molecular weight is 301 g/mol. The van der Waals surface area contributed by atoms with Crippen LogP contribution >= 0.6 is 23.1 Å². The molecule has 2 rings (SSSR count). The van der Waals surface area contributed by atoms with Crippen molar-refractivity contribution in [1.82, 2.24) is 19.4 Å². The Bertz CT molecular complexity index is 566. The first-order chi connectivity index (χ1) is 9.08. The summed E-state index contributed by atoms with van der Waals surface area (Å²) in [6, 6.07) is 0. The summed E-state index contributed by atoms with van der Waals surface area (Å²) in [5, 5.41) is 19.4. The van der Waals surface area contributed by atoms with Crippen molar-refractivity contribution in [3.63, 3.8) is 0 Å². The Morgan fingerprint density at radius 2 is 2.16 bits per heavy atom. The van der Waals surface area contributed by atoms with Gasteiger partial charge in [-0.15, -0.1) is 5.10 Å². The van der Waals surface area contributed by atoms with Gasteiger partial charge in [-0.25, -0.2) is 0 Å². The van der Waals surface area contributed by atoms with Crippen molar-refractivity contribution >= 4 is 23.1 Å². The third-order valence-electron chi connectivity index (χ3n) is 3.06. The van der Waals surface area contributed by atoms with Gasteiger partial charge in [-0.05, 0) is 31.8 Å². The van der Waals surface area contributed by atoms with E-state index in [9.17, 15) is 5.11 Å². The van der Waals surface area contributed by atoms with Crippen LogP contribution in [0.4, 0.5) is 0 Å². The zero-order valence-electron chi connectivity index (χ0n) is 11.2. The van der Waals surface area contributed by atoms with Gasteiger partial charge in [0, 0.05) is 13.0 Å². The van der Waals surface area contributed by atoms with Crippen molar-refractivity contribution in [2.75, 3.05) is 0 Å². The Labute approximate surface area is 121 Å². The van der Waals surface area contributed by atoms with E-state index in [1.807, 2.05) is 25.5 Å².